The third-order valence-electron chi connectivity index (χ3n) is 13.3. The fourth-order valence-corrected chi connectivity index (χ4v) is 9.46. The molecule has 0 aliphatic rings. The number of phosphoric ester groups is 1. The van der Waals surface area contributed by atoms with Gasteiger partial charge < -0.3 is 18.9 Å². The Labute approximate surface area is 422 Å². The van der Waals surface area contributed by atoms with E-state index in [0.717, 1.165) is 38.5 Å². The molecule has 0 aliphatic carbocycles. The third-order valence-corrected chi connectivity index (χ3v) is 14.3. The van der Waals surface area contributed by atoms with Gasteiger partial charge in [-0.25, -0.2) is 4.57 Å². The number of nitrogens with zero attached hydrogens (tertiary/aromatic N) is 1. The van der Waals surface area contributed by atoms with Crippen molar-refractivity contribution < 1.29 is 42.1 Å². The lowest BCUT2D eigenvalue weighted by Gasteiger charge is -2.24. The van der Waals surface area contributed by atoms with Gasteiger partial charge in [0.2, 0.25) is 0 Å². The van der Waals surface area contributed by atoms with Gasteiger partial charge in [-0.1, -0.05) is 257 Å². The van der Waals surface area contributed by atoms with Gasteiger partial charge in [0.25, 0.3) is 0 Å². The van der Waals surface area contributed by atoms with E-state index in [2.05, 4.69) is 26.0 Å². The minimum Gasteiger partial charge on any atom is -0.462 e. The number of rotatable bonds is 55. The second-order valence-corrected chi connectivity index (χ2v) is 22.8. The van der Waals surface area contributed by atoms with Crippen LogP contribution >= 0.6 is 7.82 Å². The van der Waals surface area contributed by atoms with E-state index in [4.69, 9.17) is 18.5 Å². The van der Waals surface area contributed by atoms with Crippen molar-refractivity contribution in [1.82, 2.24) is 0 Å². The Bertz CT molecular complexity index is 1160. The van der Waals surface area contributed by atoms with Gasteiger partial charge in [0.05, 0.1) is 27.7 Å². The molecule has 10 heteroatoms. The lowest BCUT2D eigenvalue weighted by molar-refractivity contribution is -0.870. The molecule has 1 N–H and O–H groups in total. The number of esters is 2. The molecule has 0 aromatic carbocycles. The molecule has 0 rings (SSSR count). The highest BCUT2D eigenvalue weighted by Crippen LogP contribution is 2.43. The molecular weight excluding hydrogens is 870 g/mol. The lowest BCUT2D eigenvalue weighted by atomic mass is 10.0. The molecule has 9 nitrogen and oxygen atoms in total. The predicted octanol–water partition coefficient (Wildman–Crippen LogP) is 18.0. The molecule has 0 saturated carbocycles. The number of carbonyl (C=O) groups excluding carboxylic acids is 2. The number of unbranched alkanes of at least 4 members (excludes halogenated alkanes) is 39. The van der Waals surface area contributed by atoms with Crippen LogP contribution < -0.4 is 0 Å². The summed E-state index contributed by atoms with van der Waals surface area (Å²) < 4.78 is 34.4. The van der Waals surface area contributed by atoms with E-state index in [9.17, 15) is 19.0 Å². The molecule has 0 saturated heterocycles. The zero-order valence-corrected chi connectivity index (χ0v) is 46.8. The van der Waals surface area contributed by atoms with Gasteiger partial charge in [0, 0.05) is 12.8 Å². The topological polar surface area (TPSA) is 108 Å². The summed E-state index contributed by atoms with van der Waals surface area (Å²) in [5.74, 6) is -0.784. The van der Waals surface area contributed by atoms with E-state index < -0.39 is 26.5 Å². The van der Waals surface area contributed by atoms with Crippen LogP contribution in [0.15, 0.2) is 12.2 Å². The fraction of sp³-hybridized carbons (Fsp3) is 0.931. The smallest absolute Gasteiger partial charge is 0.462 e. The highest BCUT2D eigenvalue weighted by Gasteiger charge is 2.27. The highest BCUT2D eigenvalue weighted by molar-refractivity contribution is 7.47. The summed E-state index contributed by atoms with van der Waals surface area (Å²) in [5, 5.41) is 0. The van der Waals surface area contributed by atoms with Crippen molar-refractivity contribution in [3.05, 3.63) is 12.2 Å². The number of ether oxygens (including phenoxy) is 2. The first-order valence-electron chi connectivity index (χ1n) is 29.4. The van der Waals surface area contributed by atoms with Crippen LogP contribution in [0.3, 0.4) is 0 Å². The van der Waals surface area contributed by atoms with Crippen molar-refractivity contribution in [2.75, 3.05) is 47.5 Å². The van der Waals surface area contributed by atoms with Crippen molar-refractivity contribution in [3.8, 4) is 0 Å². The first-order chi connectivity index (χ1) is 33.0. The van der Waals surface area contributed by atoms with Gasteiger partial charge in [-0.3, -0.25) is 18.6 Å². The molecule has 2 atom stereocenters. The Hall–Kier alpha value is -1.25. The molecule has 0 amide bonds. The van der Waals surface area contributed by atoms with E-state index in [-0.39, 0.29) is 25.6 Å². The monoisotopic (exact) mass is 985 g/mol. The number of phosphoric acid groups is 1. The third kappa shape index (κ3) is 54.1. The second-order valence-electron chi connectivity index (χ2n) is 21.4. The largest absolute Gasteiger partial charge is 0.472 e. The van der Waals surface area contributed by atoms with Crippen LogP contribution in [0.4, 0.5) is 0 Å². The zero-order chi connectivity index (χ0) is 49.9. The Morgan fingerprint density at radius 3 is 1.09 bits per heavy atom. The number of quaternary nitrogens is 1. The van der Waals surface area contributed by atoms with E-state index >= 15 is 0 Å². The molecule has 0 fully saturated rings. The molecule has 0 spiro atoms. The summed E-state index contributed by atoms with van der Waals surface area (Å²) in [7, 11) is 1.49. The predicted molar refractivity (Wildman–Crippen MR) is 289 cm³/mol. The van der Waals surface area contributed by atoms with Crippen molar-refractivity contribution in [3.63, 3.8) is 0 Å². The van der Waals surface area contributed by atoms with Crippen LogP contribution in [0, 0.1) is 0 Å². The van der Waals surface area contributed by atoms with Gasteiger partial charge in [0.15, 0.2) is 6.10 Å². The first-order valence-corrected chi connectivity index (χ1v) is 30.9. The summed E-state index contributed by atoms with van der Waals surface area (Å²) in [6.07, 6.45) is 59.0. The lowest BCUT2D eigenvalue weighted by Crippen LogP contribution is -2.37. The highest BCUT2D eigenvalue weighted by atomic mass is 31.2. The van der Waals surface area contributed by atoms with E-state index in [1.165, 1.54) is 231 Å². The minimum absolute atomic E-state index is 0.0361. The maximum absolute atomic E-state index is 12.8. The maximum atomic E-state index is 12.8. The fourth-order valence-electron chi connectivity index (χ4n) is 8.72. The van der Waals surface area contributed by atoms with Crippen molar-refractivity contribution in [2.24, 2.45) is 0 Å². The Morgan fingerprint density at radius 2 is 0.750 bits per heavy atom. The molecule has 0 aromatic rings. The number of allylic oxidation sites excluding steroid dienone is 2. The summed E-state index contributed by atoms with van der Waals surface area (Å²) in [5.41, 5.74) is 0. The van der Waals surface area contributed by atoms with Gasteiger partial charge in [-0.15, -0.1) is 0 Å². The van der Waals surface area contributed by atoms with E-state index in [1.54, 1.807) is 0 Å². The van der Waals surface area contributed by atoms with Crippen molar-refractivity contribution in [2.45, 2.75) is 302 Å². The van der Waals surface area contributed by atoms with Crippen LogP contribution in [0.2, 0.25) is 0 Å². The SMILES string of the molecule is CCCCCCCCCC/C=C\CCCCCCCCCCCCCCCCCCCCCCCCCC(=O)OC(COC(=O)CCCCCCCCCCC)COP(=O)(O)OCC[N+](C)(C)C. The summed E-state index contributed by atoms with van der Waals surface area (Å²) in [6, 6.07) is 0. The second kappa shape index (κ2) is 50.7. The normalized spacial score (nSPS) is 13.3. The zero-order valence-electron chi connectivity index (χ0n) is 45.9. The number of hydrogen-bond donors (Lipinski definition) is 1. The molecular formula is C58H115NO8P+. The van der Waals surface area contributed by atoms with Gasteiger partial charge in [-0.05, 0) is 38.5 Å². The molecule has 404 valence electrons. The molecule has 0 bridgehead atoms. The van der Waals surface area contributed by atoms with Gasteiger partial charge in [0.1, 0.15) is 19.8 Å². The van der Waals surface area contributed by atoms with Crippen LogP contribution in [-0.2, 0) is 32.7 Å². The Balaban J connectivity index is 3.85. The quantitative estimate of drug-likeness (QED) is 0.0211. The van der Waals surface area contributed by atoms with Crippen LogP contribution in [-0.4, -0.2) is 74.9 Å². The van der Waals surface area contributed by atoms with E-state index in [1.807, 2.05) is 21.1 Å². The van der Waals surface area contributed by atoms with Crippen LogP contribution in [0.25, 0.3) is 0 Å². The molecule has 68 heavy (non-hydrogen) atoms. The maximum Gasteiger partial charge on any atom is 0.472 e. The first kappa shape index (κ1) is 66.8. The number of hydrogen-bond acceptors (Lipinski definition) is 7. The summed E-state index contributed by atoms with van der Waals surface area (Å²) >= 11 is 0. The van der Waals surface area contributed by atoms with Gasteiger partial charge >= 0.3 is 19.8 Å². The number of carbonyl (C=O) groups is 2. The van der Waals surface area contributed by atoms with Crippen LogP contribution in [0.1, 0.15) is 296 Å². The summed E-state index contributed by atoms with van der Waals surface area (Å²) in [6.45, 7) is 4.45. The molecule has 0 radical (unpaired) electrons. The number of likely N-dealkylation sites (N-methyl/N-ethyl adjacent to an activating group) is 1. The average Bonchev–Trinajstić information content (AvgIpc) is 3.30. The van der Waals surface area contributed by atoms with E-state index in [0.29, 0.717) is 17.4 Å². The molecule has 2 unspecified atom stereocenters. The standard InChI is InChI=1S/C58H114NO8P/c1-6-8-10-12-14-16-17-18-19-20-21-22-23-24-25-26-27-28-29-30-31-32-33-34-35-36-37-38-39-40-41-43-45-47-49-51-58(61)67-56(55-66-68(62,63)65-53-52-59(3,4)5)54-64-57(60)50-48-46-44-42-15-13-11-9-7-2/h20-21,56H,6-19,22-55H2,1-5H3/p+1/b21-20-. The minimum atomic E-state index is -4.37. The summed E-state index contributed by atoms with van der Waals surface area (Å²) in [4.78, 5) is 35.4. The van der Waals surface area contributed by atoms with Crippen molar-refractivity contribution in [1.29, 1.82) is 0 Å². The van der Waals surface area contributed by atoms with Crippen LogP contribution in [0.5, 0.6) is 0 Å². The molecule has 0 aliphatic heterocycles. The van der Waals surface area contributed by atoms with Gasteiger partial charge in [-0.2, -0.15) is 0 Å². The Morgan fingerprint density at radius 1 is 0.441 bits per heavy atom. The van der Waals surface area contributed by atoms with Crippen molar-refractivity contribution >= 4 is 19.8 Å². The molecule has 0 aromatic heterocycles. The Kier molecular flexibility index (Phi) is 49.8. The molecule has 0 heterocycles. The average molecular weight is 986 g/mol.